The van der Waals surface area contributed by atoms with Gasteiger partial charge in [-0.2, -0.15) is 0 Å². The van der Waals surface area contributed by atoms with E-state index in [1.54, 1.807) is 6.08 Å². The summed E-state index contributed by atoms with van der Waals surface area (Å²) in [7, 11) is 0. The van der Waals surface area contributed by atoms with Gasteiger partial charge in [0.15, 0.2) is 5.60 Å². The van der Waals surface area contributed by atoms with Crippen molar-refractivity contribution in [3.05, 3.63) is 35.6 Å². The second-order valence-corrected chi connectivity index (χ2v) is 9.63. The summed E-state index contributed by atoms with van der Waals surface area (Å²) in [4.78, 5) is 29.9. The molecule has 0 aromatic carbocycles. The average Bonchev–Trinajstić information content (AvgIpc) is 3.12. The molecule has 33 heavy (non-hydrogen) atoms. The van der Waals surface area contributed by atoms with Crippen molar-refractivity contribution in [1.82, 2.24) is 5.32 Å². The molecule has 0 bridgehead atoms. The quantitative estimate of drug-likeness (QED) is 0.218. The van der Waals surface area contributed by atoms with Crippen LogP contribution < -0.4 is 5.32 Å². The lowest BCUT2D eigenvalue weighted by Gasteiger charge is -2.35. The number of unbranched alkanes of at least 4 members (excludes halogenated alkanes) is 5. The molecule has 1 fully saturated rings. The molecule has 0 spiro atoms. The highest BCUT2D eigenvalue weighted by molar-refractivity contribution is 6.03. The van der Waals surface area contributed by atoms with E-state index in [0.29, 0.717) is 30.9 Å². The standard InChI is InChI=1S/C27H40N2O4/c1-3-4-5-6-7-13-18-28-26(31)33-29-24-17-12-11-14-21(24)19-23-20-25(30)27(2,32-23)22-15-9-8-10-16-22/h11-12,14,20,22H,3-10,13,15-19H2,1-2H3,(H,28,31). The average molecular weight is 457 g/mol. The highest BCUT2D eigenvalue weighted by Gasteiger charge is 2.46. The first-order valence-corrected chi connectivity index (χ1v) is 12.8. The van der Waals surface area contributed by atoms with Crippen LogP contribution >= 0.6 is 0 Å². The van der Waals surface area contributed by atoms with Gasteiger partial charge in [0.05, 0.1) is 5.71 Å². The Morgan fingerprint density at radius 2 is 1.94 bits per heavy atom. The molecular formula is C27H40N2O4. The van der Waals surface area contributed by atoms with E-state index in [-0.39, 0.29) is 11.7 Å². The van der Waals surface area contributed by atoms with E-state index in [1.807, 2.05) is 25.2 Å². The Hall–Kier alpha value is -2.37. The number of hydrogen-bond acceptors (Lipinski definition) is 5. The number of nitrogens with one attached hydrogen (secondary N) is 1. The SMILES string of the molecule is CCCCCCCCNC(=O)ON=C1CC=CC=C1CC1=CC(=O)C(C)(C2CCCCC2)O1. The number of hydrogen-bond donors (Lipinski definition) is 1. The molecule has 1 saturated carbocycles. The lowest BCUT2D eigenvalue weighted by atomic mass is 9.76. The molecule has 1 atom stereocenters. The minimum atomic E-state index is -0.745. The summed E-state index contributed by atoms with van der Waals surface area (Å²) in [5, 5.41) is 6.88. The Morgan fingerprint density at radius 1 is 1.18 bits per heavy atom. The van der Waals surface area contributed by atoms with E-state index in [0.717, 1.165) is 44.1 Å². The zero-order chi connectivity index (χ0) is 23.5. The van der Waals surface area contributed by atoms with Crippen molar-refractivity contribution < 1.29 is 19.2 Å². The van der Waals surface area contributed by atoms with Crippen LogP contribution in [0.2, 0.25) is 0 Å². The van der Waals surface area contributed by atoms with Gasteiger partial charge in [-0.3, -0.25) is 9.63 Å². The summed E-state index contributed by atoms with van der Waals surface area (Å²) in [6.07, 6.45) is 20.7. The molecule has 1 unspecified atom stereocenters. The molecule has 1 heterocycles. The van der Waals surface area contributed by atoms with Crippen molar-refractivity contribution in [3.63, 3.8) is 0 Å². The molecule has 2 aliphatic carbocycles. The fourth-order valence-electron chi connectivity index (χ4n) is 4.93. The van der Waals surface area contributed by atoms with Gasteiger partial charge in [-0.1, -0.05) is 81.7 Å². The van der Waals surface area contributed by atoms with Crippen LogP contribution in [0.1, 0.15) is 97.3 Å². The molecule has 1 N–H and O–H groups in total. The lowest BCUT2D eigenvalue weighted by Crippen LogP contribution is -2.42. The third kappa shape index (κ3) is 7.31. The van der Waals surface area contributed by atoms with Gasteiger partial charge < -0.3 is 10.1 Å². The maximum atomic E-state index is 12.8. The van der Waals surface area contributed by atoms with Crippen LogP contribution in [0, 0.1) is 5.92 Å². The molecule has 6 heteroatoms. The maximum Gasteiger partial charge on any atom is 0.433 e. The van der Waals surface area contributed by atoms with Crippen LogP contribution in [0.4, 0.5) is 4.79 Å². The molecule has 1 amide bonds. The van der Waals surface area contributed by atoms with E-state index in [1.165, 1.54) is 32.1 Å². The van der Waals surface area contributed by atoms with E-state index < -0.39 is 11.7 Å². The first-order valence-electron chi connectivity index (χ1n) is 12.8. The first kappa shape index (κ1) is 25.3. The summed E-state index contributed by atoms with van der Waals surface area (Å²) in [6.45, 7) is 4.74. The molecule has 0 aromatic heterocycles. The third-order valence-electron chi connectivity index (χ3n) is 7.03. The number of nitrogens with zero attached hydrogens (tertiary/aromatic N) is 1. The molecular weight excluding hydrogens is 416 g/mol. The van der Waals surface area contributed by atoms with Gasteiger partial charge in [0, 0.05) is 31.4 Å². The Morgan fingerprint density at radius 3 is 2.73 bits per heavy atom. The Balaban J connectivity index is 1.47. The van der Waals surface area contributed by atoms with Crippen LogP contribution in [0.15, 0.2) is 40.8 Å². The van der Waals surface area contributed by atoms with Gasteiger partial charge in [0.2, 0.25) is 5.78 Å². The topological polar surface area (TPSA) is 77.0 Å². The second kappa shape index (κ2) is 12.8. The van der Waals surface area contributed by atoms with E-state index in [4.69, 9.17) is 9.57 Å². The number of rotatable bonds is 11. The van der Waals surface area contributed by atoms with Crippen molar-refractivity contribution in [2.24, 2.45) is 11.1 Å². The number of ether oxygens (including phenoxy) is 1. The largest absolute Gasteiger partial charge is 0.483 e. The zero-order valence-corrected chi connectivity index (χ0v) is 20.4. The summed E-state index contributed by atoms with van der Waals surface area (Å²) in [5.41, 5.74) is 0.856. The predicted molar refractivity (Wildman–Crippen MR) is 131 cm³/mol. The molecule has 6 nitrogen and oxygen atoms in total. The van der Waals surface area contributed by atoms with Crippen molar-refractivity contribution in [3.8, 4) is 0 Å². The second-order valence-electron chi connectivity index (χ2n) is 9.63. The van der Waals surface area contributed by atoms with Crippen LogP contribution in [0.25, 0.3) is 0 Å². The van der Waals surface area contributed by atoms with Gasteiger partial charge in [-0.05, 0) is 31.8 Å². The Bertz CT molecular complexity index is 805. The van der Waals surface area contributed by atoms with Crippen molar-refractivity contribution >= 4 is 17.6 Å². The smallest absolute Gasteiger partial charge is 0.433 e. The fraction of sp³-hybridized carbons (Fsp3) is 0.667. The Labute approximate surface area is 198 Å². The lowest BCUT2D eigenvalue weighted by molar-refractivity contribution is -0.135. The number of amides is 1. The highest BCUT2D eigenvalue weighted by Crippen LogP contribution is 2.41. The molecule has 0 saturated heterocycles. The van der Waals surface area contributed by atoms with Gasteiger partial charge >= 0.3 is 6.09 Å². The number of ketones is 1. The monoisotopic (exact) mass is 456 g/mol. The fourth-order valence-corrected chi connectivity index (χ4v) is 4.93. The van der Waals surface area contributed by atoms with Crippen LogP contribution in [0.5, 0.6) is 0 Å². The van der Waals surface area contributed by atoms with Gasteiger partial charge in [-0.15, -0.1) is 0 Å². The number of allylic oxidation sites excluding steroid dienone is 4. The van der Waals surface area contributed by atoms with E-state index in [9.17, 15) is 9.59 Å². The molecule has 1 aliphatic heterocycles. The number of carbonyl (C=O) groups is 2. The van der Waals surface area contributed by atoms with Crippen LogP contribution in [0.3, 0.4) is 0 Å². The zero-order valence-electron chi connectivity index (χ0n) is 20.4. The van der Waals surface area contributed by atoms with Crippen LogP contribution in [-0.2, 0) is 14.4 Å². The third-order valence-corrected chi connectivity index (χ3v) is 7.03. The molecule has 182 valence electrons. The first-order chi connectivity index (χ1) is 16.0. The summed E-state index contributed by atoms with van der Waals surface area (Å²) >= 11 is 0. The van der Waals surface area contributed by atoms with Crippen molar-refractivity contribution in [1.29, 1.82) is 0 Å². The molecule has 0 aromatic rings. The van der Waals surface area contributed by atoms with Gasteiger partial charge in [0.25, 0.3) is 0 Å². The number of carbonyl (C=O) groups excluding carboxylic acids is 2. The summed E-state index contributed by atoms with van der Waals surface area (Å²) in [5.74, 6) is 1.02. The predicted octanol–water partition coefficient (Wildman–Crippen LogP) is 6.53. The van der Waals surface area contributed by atoms with Crippen LogP contribution in [-0.4, -0.2) is 29.7 Å². The Kier molecular flexibility index (Phi) is 9.76. The van der Waals surface area contributed by atoms with Crippen molar-refractivity contribution in [2.45, 2.75) is 103 Å². The van der Waals surface area contributed by atoms with Gasteiger partial charge in [-0.25, -0.2) is 4.79 Å². The summed E-state index contributed by atoms with van der Waals surface area (Å²) < 4.78 is 6.25. The van der Waals surface area contributed by atoms with E-state index >= 15 is 0 Å². The van der Waals surface area contributed by atoms with E-state index in [2.05, 4.69) is 17.4 Å². The van der Waals surface area contributed by atoms with Gasteiger partial charge in [0.1, 0.15) is 5.76 Å². The molecule has 0 radical (unpaired) electrons. The molecule has 3 aliphatic rings. The maximum absolute atomic E-state index is 12.8. The highest BCUT2D eigenvalue weighted by atomic mass is 16.7. The minimum Gasteiger partial charge on any atom is -0.483 e. The molecule has 3 rings (SSSR count). The normalized spacial score (nSPS) is 24.4. The van der Waals surface area contributed by atoms with Crippen molar-refractivity contribution in [2.75, 3.05) is 6.54 Å². The minimum absolute atomic E-state index is 0.0696. The number of oxime groups is 1. The summed E-state index contributed by atoms with van der Waals surface area (Å²) in [6, 6.07) is 0.